The van der Waals surface area contributed by atoms with Crippen LogP contribution in [-0.2, 0) is 7.05 Å². The van der Waals surface area contributed by atoms with Gasteiger partial charge in [-0.25, -0.2) is 5.84 Å². The standard InChI is InChI=1S/C12H18N8S/c1-19-8-9(7-14-19)21-12-16-10(18-13)15-11(17-12)20-5-3-2-4-6-20/h7-8H,2-6,13H2,1H3,(H,15,16,17,18). The molecular weight excluding hydrogens is 288 g/mol. The fourth-order valence-corrected chi connectivity index (χ4v) is 3.02. The van der Waals surface area contributed by atoms with Gasteiger partial charge in [-0.1, -0.05) is 0 Å². The molecule has 3 N–H and O–H groups in total. The number of anilines is 2. The number of nitrogen functional groups attached to an aromatic ring is 1. The van der Waals surface area contributed by atoms with Gasteiger partial charge in [-0.3, -0.25) is 10.1 Å². The van der Waals surface area contributed by atoms with E-state index < -0.39 is 0 Å². The van der Waals surface area contributed by atoms with Gasteiger partial charge in [0.15, 0.2) is 5.16 Å². The van der Waals surface area contributed by atoms with Crippen LogP contribution < -0.4 is 16.2 Å². The number of hydrogen-bond donors (Lipinski definition) is 2. The number of nitrogens with two attached hydrogens (primary N) is 1. The summed E-state index contributed by atoms with van der Waals surface area (Å²) in [7, 11) is 1.88. The SMILES string of the molecule is Cn1cc(Sc2nc(NN)nc(N3CCCCC3)n2)cn1. The van der Waals surface area contributed by atoms with Crippen LogP contribution in [0, 0.1) is 0 Å². The van der Waals surface area contributed by atoms with Crippen molar-refractivity contribution in [3.63, 3.8) is 0 Å². The molecule has 3 heterocycles. The highest BCUT2D eigenvalue weighted by atomic mass is 32.2. The lowest BCUT2D eigenvalue weighted by Crippen LogP contribution is -2.31. The molecule has 8 nitrogen and oxygen atoms in total. The predicted molar refractivity (Wildman–Crippen MR) is 81.0 cm³/mol. The maximum atomic E-state index is 5.47. The van der Waals surface area contributed by atoms with E-state index >= 15 is 0 Å². The minimum atomic E-state index is 0.386. The third-order valence-corrected chi connectivity index (χ3v) is 4.07. The summed E-state index contributed by atoms with van der Waals surface area (Å²) in [6, 6.07) is 0. The summed E-state index contributed by atoms with van der Waals surface area (Å²) < 4.78 is 1.75. The fraction of sp³-hybridized carbons (Fsp3) is 0.500. The van der Waals surface area contributed by atoms with E-state index in [-0.39, 0.29) is 0 Å². The molecule has 3 rings (SSSR count). The molecule has 1 saturated heterocycles. The van der Waals surface area contributed by atoms with E-state index in [1.807, 2.05) is 13.2 Å². The summed E-state index contributed by atoms with van der Waals surface area (Å²) in [6.45, 7) is 1.95. The third kappa shape index (κ3) is 3.42. The lowest BCUT2D eigenvalue weighted by atomic mass is 10.1. The van der Waals surface area contributed by atoms with Crippen LogP contribution in [0.3, 0.4) is 0 Å². The molecule has 0 spiro atoms. The Morgan fingerprint density at radius 2 is 2.00 bits per heavy atom. The molecule has 9 heteroatoms. The predicted octanol–water partition coefficient (Wildman–Crippen LogP) is 1.03. The Labute approximate surface area is 127 Å². The zero-order chi connectivity index (χ0) is 14.7. The van der Waals surface area contributed by atoms with Crippen molar-refractivity contribution in [3.8, 4) is 0 Å². The van der Waals surface area contributed by atoms with E-state index in [4.69, 9.17) is 5.84 Å². The number of hydrogen-bond acceptors (Lipinski definition) is 8. The van der Waals surface area contributed by atoms with Crippen LogP contribution in [0.2, 0.25) is 0 Å². The Hall–Kier alpha value is -1.87. The summed E-state index contributed by atoms with van der Waals surface area (Å²) in [5.41, 5.74) is 2.51. The van der Waals surface area contributed by atoms with Crippen molar-refractivity contribution in [2.45, 2.75) is 29.3 Å². The van der Waals surface area contributed by atoms with E-state index in [9.17, 15) is 0 Å². The van der Waals surface area contributed by atoms with Gasteiger partial charge in [-0.05, 0) is 31.0 Å². The van der Waals surface area contributed by atoms with Crippen molar-refractivity contribution in [1.29, 1.82) is 0 Å². The second kappa shape index (κ2) is 6.27. The third-order valence-electron chi connectivity index (χ3n) is 3.26. The fourth-order valence-electron chi connectivity index (χ4n) is 2.25. The molecule has 1 fully saturated rings. The van der Waals surface area contributed by atoms with Gasteiger partial charge in [0.25, 0.3) is 0 Å². The van der Waals surface area contributed by atoms with E-state index in [0.717, 1.165) is 18.0 Å². The molecule has 0 amide bonds. The summed E-state index contributed by atoms with van der Waals surface area (Å²) in [6.07, 6.45) is 7.31. The Kier molecular flexibility index (Phi) is 4.20. The molecule has 2 aromatic rings. The largest absolute Gasteiger partial charge is 0.341 e. The quantitative estimate of drug-likeness (QED) is 0.638. The Balaban J connectivity index is 1.85. The van der Waals surface area contributed by atoms with Gasteiger partial charge in [0.2, 0.25) is 11.9 Å². The first-order valence-corrected chi connectivity index (χ1v) is 7.70. The van der Waals surface area contributed by atoms with E-state index in [2.05, 4.69) is 30.4 Å². The van der Waals surface area contributed by atoms with Crippen molar-refractivity contribution in [3.05, 3.63) is 12.4 Å². The molecule has 0 bridgehead atoms. The van der Waals surface area contributed by atoms with E-state index in [0.29, 0.717) is 17.1 Å². The zero-order valence-corrected chi connectivity index (χ0v) is 12.7. The average Bonchev–Trinajstić information content (AvgIpc) is 2.93. The van der Waals surface area contributed by atoms with Crippen LogP contribution in [-0.4, -0.2) is 37.8 Å². The average molecular weight is 306 g/mol. The molecule has 0 aromatic carbocycles. The first kappa shape index (κ1) is 14.1. The second-order valence-electron chi connectivity index (χ2n) is 4.89. The molecule has 2 aromatic heterocycles. The Morgan fingerprint density at radius 1 is 1.19 bits per heavy atom. The number of nitrogens with one attached hydrogen (secondary N) is 1. The van der Waals surface area contributed by atoms with E-state index in [1.54, 1.807) is 10.9 Å². The monoisotopic (exact) mass is 306 g/mol. The first-order chi connectivity index (χ1) is 10.2. The number of hydrazine groups is 1. The van der Waals surface area contributed by atoms with Gasteiger partial charge in [0.05, 0.1) is 11.1 Å². The number of rotatable bonds is 4. The number of aromatic nitrogens is 5. The van der Waals surface area contributed by atoms with Crippen molar-refractivity contribution in [1.82, 2.24) is 24.7 Å². The molecular formula is C12H18N8S. The zero-order valence-electron chi connectivity index (χ0n) is 11.9. The summed E-state index contributed by atoms with van der Waals surface area (Å²) in [5, 5.41) is 4.76. The van der Waals surface area contributed by atoms with Crippen LogP contribution in [0.5, 0.6) is 0 Å². The second-order valence-corrected chi connectivity index (χ2v) is 5.93. The number of aryl methyl sites for hydroxylation is 1. The molecule has 0 atom stereocenters. The van der Waals surface area contributed by atoms with Crippen LogP contribution >= 0.6 is 11.8 Å². The minimum absolute atomic E-state index is 0.386. The molecule has 0 saturated carbocycles. The van der Waals surface area contributed by atoms with Crippen LogP contribution in [0.4, 0.5) is 11.9 Å². The normalized spacial score (nSPS) is 15.2. The van der Waals surface area contributed by atoms with Gasteiger partial charge >= 0.3 is 0 Å². The summed E-state index contributed by atoms with van der Waals surface area (Å²) >= 11 is 1.45. The lowest BCUT2D eigenvalue weighted by molar-refractivity contribution is 0.565. The van der Waals surface area contributed by atoms with Gasteiger partial charge < -0.3 is 4.90 Å². The maximum Gasteiger partial charge on any atom is 0.242 e. The number of piperidine rings is 1. The highest BCUT2D eigenvalue weighted by molar-refractivity contribution is 7.99. The smallest absolute Gasteiger partial charge is 0.242 e. The van der Waals surface area contributed by atoms with Crippen LogP contribution in [0.1, 0.15) is 19.3 Å². The van der Waals surface area contributed by atoms with Crippen LogP contribution in [0.15, 0.2) is 22.4 Å². The summed E-state index contributed by atoms with van der Waals surface area (Å²) in [5.74, 6) is 6.54. The minimum Gasteiger partial charge on any atom is -0.341 e. The van der Waals surface area contributed by atoms with Gasteiger partial charge in [-0.2, -0.15) is 20.1 Å². The molecule has 112 valence electrons. The molecule has 0 aliphatic carbocycles. The highest BCUT2D eigenvalue weighted by Crippen LogP contribution is 2.26. The van der Waals surface area contributed by atoms with Crippen molar-refractivity contribution >= 4 is 23.7 Å². The van der Waals surface area contributed by atoms with Crippen LogP contribution in [0.25, 0.3) is 0 Å². The van der Waals surface area contributed by atoms with Gasteiger partial charge in [0.1, 0.15) is 0 Å². The molecule has 0 radical (unpaired) electrons. The summed E-state index contributed by atoms with van der Waals surface area (Å²) in [4.78, 5) is 16.4. The lowest BCUT2D eigenvalue weighted by Gasteiger charge is -2.26. The Morgan fingerprint density at radius 3 is 2.67 bits per heavy atom. The van der Waals surface area contributed by atoms with E-state index in [1.165, 1.54) is 31.0 Å². The number of nitrogens with zero attached hydrogens (tertiary/aromatic N) is 6. The van der Waals surface area contributed by atoms with Gasteiger partial charge in [0, 0.05) is 26.3 Å². The van der Waals surface area contributed by atoms with Gasteiger partial charge in [-0.15, -0.1) is 0 Å². The molecule has 1 aliphatic heterocycles. The van der Waals surface area contributed by atoms with Crippen molar-refractivity contribution in [2.75, 3.05) is 23.4 Å². The van der Waals surface area contributed by atoms with Crippen molar-refractivity contribution in [2.24, 2.45) is 12.9 Å². The maximum absolute atomic E-state index is 5.47. The Bertz CT molecular complexity index is 607. The molecule has 21 heavy (non-hydrogen) atoms. The molecule has 0 unspecified atom stereocenters. The topological polar surface area (TPSA) is 97.8 Å². The first-order valence-electron chi connectivity index (χ1n) is 6.89. The molecule has 1 aliphatic rings. The highest BCUT2D eigenvalue weighted by Gasteiger charge is 2.16. The van der Waals surface area contributed by atoms with Crippen molar-refractivity contribution < 1.29 is 0 Å².